The summed E-state index contributed by atoms with van der Waals surface area (Å²) in [7, 11) is 0. The van der Waals surface area contributed by atoms with Gasteiger partial charge in [-0.25, -0.2) is 4.98 Å². The molecular weight excluding hydrogens is 270 g/mol. The smallest absolute Gasteiger partial charge is 0.251 e. The van der Waals surface area contributed by atoms with Crippen molar-refractivity contribution < 1.29 is 4.79 Å². The lowest BCUT2D eigenvalue weighted by molar-refractivity contribution is 0.0951. The summed E-state index contributed by atoms with van der Waals surface area (Å²) < 4.78 is 2.00. The third kappa shape index (κ3) is 2.78. The van der Waals surface area contributed by atoms with Gasteiger partial charge >= 0.3 is 0 Å². The van der Waals surface area contributed by atoms with Crippen LogP contribution >= 0.6 is 11.3 Å². The van der Waals surface area contributed by atoms with Crippen LogP contribution in [0, 0.1) is 0 Å². The fourth-order valence-electron chi connectivity index (χ4n) is 1.89. The lowest BCUT2D eigenvalue weighted by Crippen LogP contribution is -2.22. The average Bonchev–Trinajstić information content (AvgIpc) is 3.18. The van der Waals surface area contributed by atoms with Crippen molar-refractivity contribution >= 4 is 17.2 Å². The van der Waals surface area contributed by atoms with Crippen LogP contribution in [0.2, 0.25) is 0 Å². The lowest BCUT2D eigenvalue weighted by Gasteiger charge is -2.06. The highest BCUT2D eigenvalue weighted by atomic mass is 32.1. The van der Waals surface area contributed by atoms with Crippen LogP contribution in [0.4, 0.5) is 0 Å². The van der Waals surface area contributed by atoms with Crippen molar-refractivity contribution in [1.29, 1.82) is 0 Å². The number of nitrogens with one attached hydrogen (secondary N) is 1. The third-order valence-electron chi connectivity index (χ3n) is 2.92. The van der Waals surface area contributed by atoms with Crippen molar-refractivity contribution in [2.75, 3.05) is 0 Å². The molecule has 0 aliphatic carbocycles. The van der Waals surface area contributed by atoms with E-state index in [9.17, 15) is 4.79 Å². The second-order valence-corrected chi connectivity index (χ2v) is 5.22. The summed E-state index contributed by atoms with van der Waals surface area (Å²) >= 11 is 1.53. The molecule has 20 heavy (non-hydrogen) atoms. The Morgan fingerprint density at radius 3 is 2.60 bits per heavy atom. The molecule has 0 fully saturated rings. The van der Waals surface area contributed by atoms with Gasteiger partial charge in [-0.15, -0.1) is 11.3 Å². The predicted molar refractivity (Wildman–Crippen MR) is 79.1 cm³/mol. The van der Waals surface area contributed by atoms with E-state index in [1.165, 1.54) is 11.3 Å². The van der Waals surface area contributed by atoms with Gasteiger partial charge in [-0.2, -0.15) is 0 Å². The molecule has 0 saturated carbocycles. The summed E-state index contributed by atoms with van der Waals surface area (Å²) in [6.45, 7) is 0.468. The Labute approximate surface area is 120 Å². The van der Waals surface area contributed by atoms with E-state index in [0.29, 0.717) is 12.1 Å². The van der Waals surface area contributed by atoms with Gasteiger partial charge in [-0.05, 0) is 36.4 Å². The Morgan fingerprint density at radius 2 is 1.95 bits per heavy atom. The fraction of sp³-hybridized carbons (Fsp3) is 0.0667. The molecule has 4 nitrogen and oxygen atoms in total. The number of benzene rings is 1. The Kier molecular flexibility index (Phi) is 3.60. The van der Waals surface area contributed by atoms with Crippen LogP contribution in [0.5, 0.6) is 0 Å². The molecule has 3 aromatic rings. The van der Waals surface area contributed by atoms with E-state index < -0.39 is 0 Å². The molecule has 1 aromatic carbocycles. The number of nitrogens with zero attached hydrogens (tertiary/aromatic N) is 2. The first-order valence-electron chi connectivity index (χ1n) is 6.23. The normalized spacial score (nSPS) is 10.4. The van der Waals surface area contributed by atoms with Gasteiger partial charge in [-0.3, -0.25) is 4.79 Å². The fourth-order valence-corrected chi connectivity index (χ4v) is 2.45. The molecule has 0 radical (unpaired) electrons. The predicted octanol–water partition coefficient (Wildman–Crippen LogP) is 2.86. The zero-order chi connectivity index (χ0) is 13.8. The number of hydrogen-bond donors (Lipinski definition) is 1. The summed E-state index contributed by atoms with van der Waals surface area (Å²) in [6, 6.07) is 11.4. The first-order valence-corrected chi connectivity index (χ1v) is 7.11. The van der Waals surface area contributed by atoms with Crippen molar-refractivity contribution in [1.82, 2.24) is 14.9 Å². The number of aromatic nitrogens is 2. The molecule has 3 rings (SSSR count). The van der Waals surface area contributed by atoms with Crippen LogP contribution in [-0.2, 0) is 6.54 Å². The number of thiazole rings is 1. The largest absolute Gasteiger partial charge is 0.346 e. The van der Waals surface area contributed by atoms with Crippen LogP contribution < -0.4 is 5.32 Å². The van der Waals surface area contributed by atoms with Crippen LogP contribution in [0.3, 0.4) is 0 Å². The molecule has 0 aliphatic heterocycles. The molecule has 0 bridgehead atoms. The molecule has 1 amide bonds. The molecule has 1 N–H and O–H groups in total. The number of hydrogen-bond acceptors (Lipinski definition) is 3. The minimum atomic E-state index is -0.0840. The number of carbonyl (C=O) groups excluding carboxylic acids is 1. The second-order valence-electron chi connectivity index (χ2n) is 4.25. The molecule has 0 aliphatic rings. The van der Waals surface area contributed by atoms with Crippen molar-refractivity contribution in [3.63, 3.8) is 0 Å². The van der Waals surface area contributed by atoms with Crippen LogP contribution in [-0.4, -0.2) is 15.5 Å². The van der Waals surface area contributed by atoms with E-state index in [4.69, 9.17) is 0 Å². The molecule has 0 atom stereocenters. The Bertz CT molecular complexity index is 673. The Balaban J connectivity index is 1.66. The summed E-state index contributed by atoms with van der Waals surface area (Å²) in [5.74, 6) is -0.0840. The quantitative estimate of drug-likeness (QED) is 0.800. The first-order chi connectivity index (χ1) is 9.83. The van der Waals surface area contributed by atoms with Gasteiger partial charge in [0.25, 0.3) is 5.91 Å². The van der Waals surface area contributed by atoms with Gasteiger partial charge in [-0.1, -0.05) is 0 Å². The second kappa shape index (κ2) is 5.71. The van der Waals surface area contributed by atoms with Gasteiger partial charge in [0.1, 0.15) is 5.01 Å². The zero-order valence-electron chi connectivity index (χ0n) is 10.7. The monoisotopic (exact) mass is 283 g/mol. The van der Waals surface area contributed by atoms with Crippen LogP contribution in [0.1, 0.15) is 15.4 Å². The van der Waals surface area contributed by atoms with Crippen molar-refractivity contribution in [3.05, 3.63) is 70.9 Å². The van der Waals surface area contributed by atoms with E-state index >= 15 is 0 Å². The summed E-state index contributed by atoms with van der Waals surface area (Å²) in [4.78, 5) is 16.1. The molecule has 0 saturated heterocycles. The molecule has 5 heteroatoms. The zero-order valence-corrected chi connectivity index (χ0v) is 11.5. The van der Waals surface area contributed by atoms with Gasteiger partial charge < -0.3 is 9.88 Å². The van der Waals surface area contributed by atoms with Crippen molar-refractivity contribution in [2.45, 2.75) is 6.54 Å². The molecular formula is C15H13N3OS. The maximum absolute atomic E-state index is 12.0. The Hall–Kier alpha value is -2.40. The van der Waals surface area contributed by atoms with Gasteiger partial charge in [0.05, 0.1) is 6.54 Å². The van der Waals surface area contributed by atoms with Crippen LogP contribution in [0.25, 0.3) is 5.69 Å². The highest BCUT2D eigenvalue weighted by Crippen LogP contribution is 2.10. The highest BCUT2D eigenvalue weighted by molar-refractivity contribution is 7.09. The molecule has 2 aromatic heterocycles. The van der Waals surface area contributed by atoms with E-state index in [0.717, 1.165) is 10.7 Å². The highest BCUT2D eigenvalue weighted by Gasteiger charge is 2.06. The summed E-state index contributed by atoms with van der Waals surface area (Å²) in [5.41, 5.74) is 1.68. The van der Waals surface area contributed by atoms with Gasteiger partial charge in [0.2, 0.25) is 0 Å². The number of carbonyl (C=O) groups is 1. The first kappa shape index (κ1) is 12.6. The topological polar surface area (TPSA) is 46.9 Å². The summed E-state index contributed by atoms with van der Waals surface area (Å²) in [6.07, 6.45) is 5.67. The van der Waals surface area contributed by atoms with Gasteiger partial charge in [0.15, 0.2) is 0 Å². The molecule has 100 valence electrons. The van der Waals surface area contributed by atoms with Crippen LogP contribution in [0.15, 0.2) is 60.4 Å². The molecule has 0 unspecified atom stereocenters. The van der Waals surface area contributed by atoms with E-state index in [2.05, 4.69) is 10.3 Å². The van der Waals surface area contributed by atoms with Crippen molar-refractivity contribution in [2.24, 2.45) is 0 Å². The average molecular weight is 283 g/mol. The number of rotatable bonds is 4. The molecule has 2 heterocycles. The SMILES string of the molecule is O=C(NCc1nccs1)c1ccc(-n2cccc2)cc1. The third-order valence-corrected chi connectivity index (χ3v) is 3.70. The van der Waals surface area contributed by atoms with Crippen molar-refractivity contribution in [3.8, 4) is 5.69 Å². The molecule has 0 spiro atoms. The number of amides is 1. The Morgan fingerprint density at radius 1 is 1.20 bits per heavy atom. The van der Waals surface area contributed by atoms with E-state index in [1.54, 1.807) is 6.20 Å². The van der Waals surface area contributed by atoms with E-state index in [-0.39, 0.29) is 5.91 Å². The lowest BCUT2D eigenvalue weighted by atomic mass is 10.2. The minimum Gasteiger partial charge on any atom is -0.346 e. The van der Waals surface area contributed by atoms with Gasteiger partial charge in [0, 0.05) is 35.2 Å². The standard InChI is InChI=1S/C15H13N3OS/c19-15(17-11-14-16-7-10-20-14)12-3-5-13(6-4-12)18-8-1-2-9-18/h1-10H,11H2,(H,17,19). The maximum Gasteiger partial charge on any atom is 0.251 e. The maximum atomic E-state index is 12.0. The summed E-state index contributed by atoms with van der Waals surface area (Å²) in [5, 5.41) is 5.66. The van der Waals surface area contributed by atoms with E-state index in [1.807, 2.05) is 58.7 Å². The minimum absolute atomic E-state index is 0.0840.